The van der Waals surface area contributed by atoms with Gasteiger partial charge in [-0.05, 0) is 44.9 Å². The van der Waals surface area contributed by atoms with Crippen LogP contribution in [0.15, 0.2) is 12.3 Å². The third kappa shape index (κ3) is 3.39. The lowest BCUT2D eigenvalue weighted by Crippen LogP contribution is -2.45. The Labute approximate surface area is 141 Å². The molecule has 3 heterocycles. The summed E-state index contributed by atoms with van der Waals surface area (Å²) in [6.45, 7) is 10.5. The van der Waals surface area contributed by atoms with Gasteiger partial charge in [-0.3, -0.25) is 4.98 Å². The van der Waals surface area contributed by atoms with Crippen LogP contribution in [0.4, 0.5) is 5.13 Å². The van der Waals surface area contributed by atoms with Crippen LogP contribution in [-0.4, -0.2) is 35.3 Å². The van der Waals surface area contributed by atoms with Crippen molar-refractivity contribution in [1.82, 2.24) is 9.97 Å². The zero-order valence-corrected chi connectivity index (χ0v) is 15.0. The van der Waals surface area contributed by atoms with Gasteiger partial charge in [-0.2, -0.15) is 0 Å². The lowest BCUT2D eigenvalue weighted by atomic mass is 10.1. The third-order valence-corrected chi connectivity index (χ3v) is 5.25. The van der Waals surface area contributed by atoms with E-state index in [1.807, 2.05) is 13.1 Å². The minimum absolute atomic E-state index is 0.220. The fourth-order valence-electron chi connectivity index (χ4n) is 3.03. The van der Waals surface area contributed by atoms with Crippen molar-refractivity contribution >= 4 is 16.5 Å². The molecule has 0 saturated carbocycles. The van der Waals surface area contributed by atoms with Crippen molar-refractivity contribution in [2.45, 2.75) is 46.4 Å². The first-order valence-corrected chi connectivity index (χ1v) is 8.83. The number of ether oxygens (including phenoxy) is 1. The molecule has 1 aliphatic rings. The summed E-state index contributed by atoms with van der Waals surface area (Å²) in [7, 11) is 0. The van der Waals surface area contributed by atoms with Gasteiger partial charge in [-0.25, -0.2) is 4.98 Å². The van der Waals surface area contributed by atoms with Crippen molar-refractivity contribution < 1.29 is 4.74 Å². The van der Waals surface area contributed by atoms with Gasteiger partial charge in [-0.15, -0.1) is 0 Å². The Morgan fingerprint density at radius 3 is 2.65 bits per heavy atom. The van der Waals surface area contributed by atoms with Crippen LogP contribution in [0.25, 0.3) is 10.4 Å². The van der Waals surface area contributed by atoms with Crippen molar-refractivity contribution in [3.05, 3.63) is 29.2 Å². The number of nitrogens with zero attached hydrogens (tertiary/aromatic N) is 3. The summed E-state index contributed by atoms with van der Waals surface area (Å²) in [6, 6.07) is 2.12. The average Bonchev–Trinajstić information content (AvgIpc) is 2.93. The third-order valence-electron chi connectivity index (χ3n) is 4.05. The lowest BCUT2D eigenvalue weighted by Gasteiger charge is -2.35. The predicted octanol–water partition coefficient (Wildman–Crippen LogP) is 2.89. The second-order valence-corrected chi connectivity index (χ2v) is 7.26. The molecule has 1 saturated heterocycles. The van der Waals surface area contributed by atoms with Crippen LogP contribution in [0, 0.1) is 13.8 Å². The number of aromatic nitrogens is 2. The van der Waals surface area contributed by atoms with Crippen LogP contribution in [0.3, 0.4) is 0 Å². The first-order chi connectivity index (χ1) is 11.0. The zero-order chi connectivity index (χ0) is 16.6. The van der Waals surface area contributed by atoms with Gasteiger partial charge in [0.15, 0.2) is 5.13 Å². The topological polar surface area (TPSA) is 64.3 Å². The number of anilines is 1. The molecule has 2 N–H and O–H groups in total. The molecule has 0 bridgehead atoms. The summed E-state index contributed by atoms with van der Waals surface area (Å²) >= 11 is 1.72. The zero-order valence-electron chi connectivity index (χ0n) is 14.2. The molecule has 23 heavy (non-hydrogen) atoms. The van der Waals surface area contributed by atoms with Crippen molar-refractivity contribution in [3.8, 4) is 10.4 Å². The largest absolute Gasteiger partial charge is 0.372 e. The Hall–Kier alpha value is -1.50. The number of aryl methyl sites for hydroxylation is 2. The smallest absolute Gasteiger partial charge is 0.186 e. The summed E-state index contributed by atoms with van der Waals surface area (Å²) in [6.07, 6.45) is 2.36. The molecule has 2 aromatic rings. The van der Waals surface area contributed by atoms with Gasteiger partial charge in [0.05, 0.1) is 22.8 Å². The summed E-state index contributed by atoms with van der Waals surface area (Å²) in [5.74, 6) is 0. The van der Waals surface area contributed by atoms with Crippen LogP contribution in [0.2, 0.25) is 0 Å². The van der Waals surface area contributed by atoms with Gasteiger partial charge < -0.3 is 15.4 Å². The highest BCUT2D eigenvalue weighted by atomic mass is 32.1. The van der Waals surface area contributed by atoms with Crippen molar-refractivity contribution in [3.63, 3.8) is 0 Å². The van der Waals surface area contributed by atoms with Crippen molar-refractivity contribution in [2.75, 3.05) is 18.0 Å². The van der Waals surface area contributed by atoms with E-state index in [4.69, 9.17) is 15.5 Å². The monoisotopic (exact) mass is 332 g/mol. The normalized spacial score (nSPS) is 21.7. The fraction of sp³-hybridized carbons (Fsp3) is 0.529. The maximum absolute atomic E-state index is 5.96. The molecular weight excluding hydrogens is 308 g/mol. The SMILES string of the molecule is Cc1cc(-c2sc(N3CC(C)OC(C)C3)nc2CN)c(C)cn1. The Morgan fingerprint density at radius 1 is 1.30 bits per heavy atom. The molecule has 124 valence electrons. The van der Waals surface area contributed by atoms with E-state index in [1.54, 1.807) is 11.3 Å². The Morgan fingerprint density at radius 2 is 2.00 bits per heavy atom. The second kappa shape index (κ2) is 6.55. The van der Waals surface area contributed by atoms with E-state index in [0.717, 1.165) is 40.0 Å². The minimum Gasteiger partial charge on any atom is -0.372 e. The van der Waals surface area contributed by atoms with Gasteiger partial charge in [0.2, 0.25) is 0 Å². The molecule has 1 aliphatic heterocycles. The Bertz CT molecular complexity index is 690. The fourth-order valence-corrected chi connectivity index (χ4v) is 4.22. The summed E-state index contributed by atoms with van der Waals surface area (Å²) < 4.78 is 5.82. The molecule has 2 unspecified atom stereocenters. The number of rotatable bonds is 3. The van der Waals surface area contributed by atoms with Gasteiger partial charge in [-0.1, -0.05) is 11.3 Å². The van der Waals surface area contributed by atoms with Gasteiger partial charge in [0.1, 0.15) is 0 Å². The molecule has 0 aliphatic carbocycles. The van der Waals surface area contributed by atoms with E-state index in [1.165, 1.54) is 5.56 Å². The molecule has 0 spiro atoms. The van der Waals surface area contributed by atoms with Crippen molar-refractivity contribution in [1.29, 1.82) is 0 Å². The van der Waals surface area contributed by atoms with E-state index in [0.29, 0.717) is 6.54 Å². The van der Waals surface area contributed by atoms with Crippen LogP contribution in [-0.2, 0) is 11.3 Å². The molecule has 3 rings (SSSR count). The van der Waals surface area contributed by atoms with Gasteiger partial charge >= 0.3 is 0 Å². The lowest BCUT2D eigenvalue weighted by molar-refractivity contribution is -0.00523. The highest BCUT2D eigenvalue weighted by Gasteiger charge is 2.26. The van der Waals surface area contributed by atoms with Gasteiger partial charge in [0, 0.05) is 31.5 Å². The van der Waals surface area contributed by atoms with E-state index < -0.39 is 0 Å². The second-order valence-electron chi connectivity index (χ2n) is 6.28. The summed E-state index contributed by atoms with van der Waals surface area (Å²) in [5.41, 5.74) is 10.3. The number of thiazole rings is 1. The predicted molar refractivity (Wildman–Crippen MR) is 94.9 cm³/mol. The summed E-state index contributed by atoms with van der Waals surface area (Å²) in [4.78, 5) is 12.7. The Balaban J connectivity index is 1.99. The molecule has 6 heteroatoms. The van der Waals surface area contributed by atoms with E-state index in [2.05, 4.69) is 36.7 Å². The highest BCUT2D eigenvalue weighted by molar-refractivity contribution is 7.19. The molecule has 0 radical (unpaired) electrons. The van der Waals surface area contributed by atoms with E-state index in [9.17, 15) is 0 Å². The van der Waals surface area contributed by atoms with Crippen LogP contribution in [0.1, 0.15) is 30.8 Å². The van der Waals surface area contributed by atoms with Crippen molar-refractivity contribution in [2.24, 2.45) is 5.73 Å². The Kier molecular flexibility index (Phi) is 4.66. The molecular formula is C17H24N4OS. The number of morpholine rings is 1. The van der Waals surface area contributed by atoms with Crippen LogP contribution < -0.4 is 10.6 Å². The minimum atomic E-state index is 0.220. The highest BCUT2D eigenvalue weighted by Crippen LogP contribution is 2.37. The quantitative estimate of drug-likeness (QED) is 0.936. The molecule has 0 amide bonds. The molecule has 0 aromatic carbocycles. The molecule has 2 aromatic heterocycles. The van der Waals surface area contributed by atoms with E-state index >= 15 is 0 Å². The number of pyridine rings is 1. The van der Waals surface area contributed by atoms with Crippen LogP contribution in [0.5, 0.6) is 0 Å². The maximum atomic E-state index is 5.96. The number of hydrogen-bond donors (Lipinski definition) is 1. The summed E-state index contributed by atoms with van der Waals surface area (Å²) in [5, 5.41) is 1.04. The average molecular weight is 332 g/mol. The van der Waals surface area contributed by atoms with E-state index in [-0.39, 0.29) is 12.2 Å². The number of hydrogen-bond acceptors (Lipinski definition) is 6. The van der Waals surface area contributed by atoms with Gasteiger partial charge in [0.25, 0.3) is 0 Å². The maximum Gasteiger partial charge on any atom is 0.186 e. The molecule has 5 nitrogen and oxygen atoms in total. The first kappa shape index (κ1) is 16.4. The standard InChI is InChI=1S/C17H24N4OS/c1-10-7-19-11(2)5-14(10)16-15(6-18)20-17(23-16)21-8-12(3)22-13(4)9-21/h5,7,12-13H,6,8-9,18H2,1-4H3. The molecule has 2 atom stereocenters. The first-order valence-electron chi connectivity index (χ1n) is 8.01. The molecule has 1 fully saturated rings. The van der Waals surface area contributed by atoms with Crippen LogP contribution >= 0.6 is 11.3 Å². The number of nitrogens with two attached hydrogens (primary N) is 1.